The normalized spacial score (nSPS) is 42.7. The molecular weight excluding hydrogens is 288 g/mol. The summed E-state index contributed by atoms with van der Waals surface area (Å²) in [6.45, 7) is 16.2. The zero-order valence-corrected chi connectivity index (χ0v) is 15.2. The van der Waals surface area contributed by atoms with E-state index < -0.39 is 11.7 Å². The van der Waals surface area contributed by atoms with Crippen molar-refractivity contribution in [2.24, 2.45) is 22.7 Å². The molecule has 3 heteroatoms. The molecule has 3 nitrogen and oxygen atoms in total. The lowest BCUT2D eigenvalue weighted by Crippen LogP contribution is -2.58. The van der Waals surface area contributed by atoms with Gasteiger partial charge < -0.3 is 15.3 Å². The first-order valence-corrected chi connectivity index (χ1v) is 8.83. The van der Waals surface area contributed by atoms with Gasteiger partial charge in [0.25, 0.3) is 0 Å². The lowest BCUT2D eigenvalue weighted by Gasteiger charge is -2.60. The van der Waals surface area contributed by atoms with Crippen molar-refractivity contribution in [1.82, 2.24) is 0 Å². The molecule has 0 aromatic rings. The third-order valence-corrected chi connectivity index (χ3v) is 6.51. The van der Waals surface area contributed by atoms with Crippen molar-refractivity contribution in [3.8, 4) is 0 Å². The highest BCUT2D eigenvalue weighted by atomic mass is 16.3. The Kier molecular flexibility index (Phi) is 4.89. The molecule has 2 aliphatic carbocycles. The molecule has 0 spiro atoms. The second-order valence-corrected chi connectivity index (χ2v) is 9.12. The second-order valence-electron chi connectivity index (χ2n) is 9.12. The molecule has 2 saturated carbocycles. The molecule has 0 radical (unpaired) electrons. The van der Waals surface area contributed by atoms with Gasteiger partial charge in [-0.25, -0.2) is 0 Å². The van der Waals surface area contributed by atoms with Crippen LogP contribution < -0.4 is 0 Å². The highest BCUT2D eigenvalue weighted by Gasteiger charge is 2.58. The van der Waals surface area contributed by atoms with Crippen molar-refractivity contribution >= 4 is 0 Å². The fourth-order valence-corrected chi connectivity index (χ4v) is 5.72. The molecule has 3 N–H and O–H groups in total. The van der Waals surface area contributed by atoms with Crippen LogP contribution in [0.4, 0.5) is 0 Å². The van der Waals surface area contributed by atoms with Gasteiger partial charge in [0.2, 0.25) is 0 Å². The van der Waals surface area contributed by atoms with Crippen LogP contribution in [0.5, 0.6) is 0 Å². The highest BCUT2D eigenvalue weighted by Crippen LogP contribution is 2.61. The highest BCUT2D eigenvalue weighted by molar-refractivity contribution is 5.19. The largest absolute Gasteiger partial charge is 0.393 e. The predicted octanol–water partition coefficient (Wildman–Crippen LogP) is 3.44. The second kappa shape index (κ2) is 6.02. The van der Waals surface area contributed by atoms with E-state index in [2.05, 4.69) is 33.9 Å². The predicted molar refractivity (Wildman–Crippen MR) is 93.9 cm³/mol. The first-order chi connectivity index (χ1) is 10.4. The van der Waals surface area contributed by atoms with Crippen molar-refractivity contribution in [2.45, 2.75) is 77.6 Å². The smallest absolute Gasteiger partial charge is 0.0797 e. The third-order valence-electron chi connectivity index (χ3n) is 6.51. The first-order valence-electron chi connectivity index (χ1n) is 8.83. The van der Waals surface area contributed by atoms with Gasteiger partial charge in [-0.1, -0.05) is 39.0 Å². The molecule has 2 rings (SSSR count). The van der Waals surface area contributed by atoms with E-state index in [1.54, 1.807) is 13.0 Å². The Morgan fingerprint density at radius 3 is 2.43 bits per heavy atom. The SMILES string of the molecule is C=C[C@@](C)(O)CC[C@H]1C(=C)C[C@H](O)C2C(C)(C)C[C@H](O)C[C@@]21C. The summed E-state index contributed by atoms with van der Waals surface area (Å²) in [4.78, 5) is 0. The van der Waals surface area contributed by atoms with E-state index in [0.29, 0.717) is 19.3 Å². The molecule has 0 bridgehead atoms. The minimum absolute atomic E-state index is 0.105. The van der Waals surface area contributed by atoms with Gasteiger partial charge in [0.15, 0.2) is 0 Å². The Labute approximate surface area is 141 Å². The van der Waals surface area contributed by atoms with E-state index in [4.69, 9.17) is 0 Å². The van der Waals surface area contributed by atoms with E-state index in [1.807, 2.05) is 0 Å². The van der Waals surface area contributed by atoms with Crippen molar-refractivity contribution in [1.29, 1.82) is 0 Å². The Balaban J connectivity index is 2.33. The summed E-state index contributed by atoms with van der Waals surface area (Å²) in [6.07, 6.45) is 4.33. The molecule has 2 fully saturated rings. The summed E-state index contributed by atoms with van der Waals surface area (Å²) in [5.74, 6) is 0.346. The van der Waals surface area contributed by atoms with Gasteiger partial charge in [0.05, 0.1) is 17.8 Å². The maximum Gasteiger partial charge on any atom is 0.0797 e. The molecule has 0 saturated heterocycles. The number of aliphatic hydroxyl groups is 3. The van der Waals surface area contributed by atoms with Crippen LogP contribution in [0, 0.1) is 22.7 Å². The van der Waals surface area contributed by atoms with Crippen LogP contribution in [0.3, 0.4) is 0 Å². The summed E-state index contributed by atoms with van der Waals surface area (Å²) < 4.78 is 0. The van der Waals surface area contributed by atoms with Gasteiger partial charge in [-0.2, -0.15) is 0 Å². The summed E-state index contributed by atoms with van der Waals surface area (Å²) in [6, 6.07) is 0. The first kappa shape index (κ1) is 18.7. The quantitative estimate of drug-likeness (QED) is 0.695. The van der Waals surface area contributed by atoms with E-state index in [0.717, 1.165) is 18.4 Å². The van der Waals surface area contributed by atoms with Crippen molar-refractivity contribution in [3.63, 3.8) is 0 Å². The van der Waals surface area contributed by atoms with Crippen LogP contribution in [-0.2, 0) is 0 Å². The molecule has 0 aromatic carbocycles. The van der Waals surface area contributed by atoms with Crippen molar-refractivity contribution < 1.29 is 15.3 Å². The zero-order chi connectivity index (χ0) is 17.6. The molecule has 1 unspecified atom stereocenters. The molecule has 0 heterocycles. The molecule has 2 aliphatic rings. The summed E-state index contributed by atoms with van der Waals surface area (Å²) in [5.41, 5.74) is -0.120. The molecule has 23 heavy (non-hydrogen) atoms. The molecule has 0 aromatic heterocycles. The van der Waals surface area contributed by atoms with E-state index in [-0.39, 0.29) is 28.8 Å². The Morgan fingerprint density at radius 1 is 1.26 bits per heavy atom. The fraction of sp³-hybridized carbons (Fsp3) is 0.800. The van der Waals surface area contributed by atoms with E-state index in [9.17, 15) is 15.3 Å². The fourth-order valence-electron chi connectivity index (χ4n) is 5.72. The van der Waals surface area contributed by atoms with Gasteiger partial charge >= 0.3 is 0 Å². The van der Waals surface area contributed by atoms with E-state index in [1.165, 1.54) is 0 Å². The lowest BCUT2D eigenvalue weighted by atomic mass is 9.45. The number of fused-ring (bicyclic) bond motifs is 1. The monoisotopic (exact) mass is 322 g/mol. The van der Waals surface area contributed by atoms with Crippen LogP contribution in [0.15, 0.2) is 24.8 Å². The maximum absolute atomic E-state index is 10.7. The average Bonchev–Trinajstić information content (AvgIpc) is 2.34. The van der Waals surface area contributed by atoms with Gasteiger partial charge in [0, 0.05) is 0 Å². The summed E-state index contributed by atoms with van der Waals surface area (Å²) >= 11 is 0. The number of hydrogen-bond acceptors (Lipinski definition) is 3. The van der Waals surface area contributed by atoms with Gasteiger partial charge in [-0.15, -0.1) is 6.58 Å². The minimum atomic E-state index is -0.884. The topological polar surface area (TPSA) is 60.7 Å². The zero-order valence-electron chi connectivity index (χ0n) is 15.2. The molecule has 132 valence electrons. The van der Waals surface area contributed by atoms with Crippen LogP contribution >= 0.6 is 0 Å². The van der Waals surface area contributed by atoms with Gasteiger partial charge in [0.1, 0.15) is 0 Å². The van der Waals surface area contributed by atoms with Crippen LogP contribution in [-0.4, -0.2) is 33.1 Å². The molecule has 0 amide bonds. The van der Waals surface area contributed by atoms with Crippen LogP contribution in [0.2, 0.25) is 0 Å². The van der Waals surface area contributed by atoms with E-state index >= 15 is 0 Å². The number of hydrogen-bond donors (Lipinski definition) is 3. The number of aliphatic hydroxyl groups excluding tert-OH is 2. The Hall–Kier alpha value is -0.640. The van der Waals surface area contributed by atoms with Crippen LogP contribution in [0.25, 0.3) is 0 Å². The maximum atomic E-state index is 10.7. The van der Waals surface area contributed by atoms with Gasteiger partial charge in [-0.05, 0) is 61.7 Å². The molecular formula is C20H34O3. The third kappa shape index (κ3) is 3.42. The van der Waals surface area contributed by atoms with Crippen molar-refractivity contribution in [3.05, 3.63) is 24.8 Å². The van der Waals surface area contributed by atoms with Gasteiger partial charge in [-0.3, -0.25) is 0 Å². The summed E-state index contributed by atoms with van der Waals surface area (Å²) in [7, 11) is 0. The summed E-state index contributed by atoms with van der Waals surface area (Å²) in [5, 5.41) is 31.5. The standard InChI is InChI=1S/C20H34O3/c1-7-19(5,23)9-8-15-13(2)10-16(22)17-18(3,4)11-14(21)12-20(15,17)6/h7,14-17,21-23H,1-2,8-12H2,3-6H3/t14-,15-,16-,17?,19+,20+/m0/s1. The minimum Gasteiger partial charge on any atom is -0.393 e. The molecule has 6 atom stereocenters. The van der Waals surface area contributed by atoms with Crippen molar-refractivity contribution in [2.75, 3.05) is 0 Å². The molecule has 0 aliphatic heterocycles. The Morgan fingerprint density at radius 2 is 1.87 bits per heavy atom. The van der Waals surface area contributed by atoms with Crippen LogP contribution in [0.1, 0.15) is 59.8 Å². The Bertz CT molecular complexity index is 479. The number of rotatable bonds is 4. The lowest BCUT2D eigenvalue weighted by molar-refractivity contribution is -0.154. The average molecular weight is 322 g/mol.